The number of halogens is 10. The molecule has 0 saturated heterocycles. The Morgan fingerprint density at radius 1 is 0.783 bits per heavy atom. The molecular weight excluding hydrogens is 482 g/mol. The van der Waals surface area contributed by atoms with Crippen LogP contribution in [-0.2, 0) is 13.3 Å². The minimum Gasteiger partial charge on any atom is -0.376 e. The summed E-state index contributed by atoms with van der Waals surface area (Å²) in [4.78, 5) is 0. The highest BCUT2D eigenvalue weighted by Crippen LogP contribution is 2.55. The fourth-order valence-electron chi connectivity index (χ4n) is 1.52. The quantitative estimate of drug-likeness (QED) is 0.221. The molecular formula is C9H12F9IO3Si. The molecule has 0 aliphatic heterocycles. The Morgan fingerprint density at radius 2 is 1.13 bits per heavy atom. The Kier molecular flexibility index (Phi) is 7.27. The molecule has 1 unspecified atom stereocenters. The van der Waals surface area contributed by atoms with E-state index >= 15 is 0 Å². The van der Waals surface area contributed by atoms with E-state index in [1.54, 1.807) is 0 Å². The Bertz CT molecular complexity index is 392. The van der Waals surface area contributed by atoms with Gasteiger partial charge in [-0.1, -0.05) is 22.6 Å². The highest BCUT2D eigenvalue weighted by atomic mass is 127. The lowest BCUT2D eigenvalue weighted by molar-refractivity contribution is -0.396. The van der Waals surface area contributed by atoms with Crippen LogP contribution in [0.25, 0.3) is 0 Å². The molecule has 14 heteroatoms. The lowest BCUT2D eigenvalue weighted by atomic mass is 10.0. The first-order valence-electron chi connectivity index (χ1n) is 5.56. The third kappa shape index (κ3) is 4.06. The molecule has 0 spiro atoms. The minimum atomic E-state index is -6.92. The zero-order chi connectivity index (χ0) is 18.9. The molecule has 140 valence electrons. The fourth-order valence-corrected chi connectivity index (χ4v) is 6.13. The van der Waals surface area contributed by atoms with Crippen LogP contribution in [0.5, 0.6) is 0 Å². The number of alkyl halides is 10. The van der Waals surface area contributed by atoms with Gasteiger partial charge in [0.05, 0.1) is 3.55 Å². The summed E-state index contributed by atoms with van der Waals surface area (Å²) < 4.78 is 127. The molecule has 1 atom stereocenters. The molecule has 0 fully saturated rings. The van der Waals surface area contributed by atoms with Crippen LogP contribution in [-0.4, -0.2) is 57.6 Å². The zero-order valence-electron chi connectivity index (χ0n) is 11.8. The molecule has 0 N–H and O–H groups in total. The Morgan fingerprint density at radius 3 is 1.39 bits per heavy atom. The molecule has 0 rings (SSSR count). The SMILES string of the molecule is CO[Si](OC)(OC)C(I)CC(F)(F)C(F)(F)C(F)(F)C(F)(F)F. The normalized spacial score (nSPS) is 16.6. The third-order valence-electron chi connectivity index (χ3n) is 2.88. The second-order valence-electron chi connectivity index (χ2n) is 4.24. The van der Waals surface area contributed by atoms with E-state index in [1.165, 1.54) is 0 Å². The molecule has 0 aromatic heterocycles. The van der Waals surface area contributed by atoms with Crippen LogP contribution in [0, 0.1) is 0 Å². The van der Waals surface area contributed by atoms with Gasteiger partial charge in [0.15, 0.2) is 0 Å². The van der Waals surface area contributed by atoms with Crippen LogP contribution >= 0.6 is 22.6 Å². The Labute approximate surface area is 140 Å². The van der Waals surface area contributed by atoms with E-state index in [-0.39, 0.29) is 0 Å². The van der Waals surface area contributed by atoms with Gasteiger partial charge in [0.2, 0.25) is 0 Å². The van der Waals surface area contributed by atoms with Gasteiger partial charge in [0, 0.05) is 27.8 Å². The van der Waals surface area contributed by atoms with Crippen molar-refractivity contribution in [2.75, 3.05) is 21.3 Å². The van der Waals surface area contributed by atoms with E-state index in [0.29, 0.717) is 0 Å². The molecule has 0 saturated carbocycles. The number of hydrogen-bond acceptors (Lipinski definition) is 3. The zero-order valence-corrected chi connectivity index (χ0v) is 14.9. The summed E-state index contributed by atoms with van der Waals surface area (Å²) in [6.07, 6.45) is -8.92. The fraction of sp³-hybridized carbons (Fsp3) is 1.00. The summed E-state index contributed by atoms with van der Waals surface area (Å²) in [6, 6.07) is 0. The van der Waals surface area contributed by atoms with Crippen molar-refractivity contribution in [3.8, 4) is 0 Å². The summed E-state index contributed by atoms with van der Waals surface area (Å²) in [5, 5.41) is 0. The van der Waals surface area contributed by atoms with Crippen molar-refractivity contribution < 1.29 is 52.8 Å². The first-order chi connectivity index (χ1) is 10.1. The summed E-state index contributed by atoms with van der Waals surface area (Å²) in [5.41, 5.74) is 0. The van der Waals surface area contributed by atoms with Gasteiger partial charge in [-0.15, -0.1) is 0 Å². The van der Waals surface area contributed by atoms with Gasteiger partial charge in [0.25, 0.3) is 0 Å². The largest absolute Gasteiger partial charge is 0.513 e. The van der Waals surface area contributed by atoms with Crippen LogP contribution < -0.4 is 0 Å². The first-order valence-corrected chi connectivity index (χ1v) is 8.60. The minimum absolute atomic E-state index is 0.936. The van der Waals surface area contributed by atoms with E-state index in [0.717, 1.165) is 43.9 Å². The van der Waals surface area contributed by atoms with Crippen molar-refractivity contribution in [2.24, 2.45) is 0 Å². The predicted octanol–water partition coefficient (Wildman–Crippen LogP) is 4.07. The van der Waals surface area contributed by atoms with Crippen LogP contribution in [0.4, 0.5) is 39.5 Å². The highest BCUT2D eigenvalue weighted by molar-refractivity contribution is 14.1. The van der Waals surface area contributed by atoms with E-state index in [1.807, 2.05) is 0 Å². The highest BCUT2D eigenvalue weighted by Gasteiger charge is 2.82. The third-order valence-corrected chi connectivity index (χ3v) is 8.29. The van der Waals surface area contributed by atoms with E-state index < -0.39 is 42.7 Å². The van der Waals surface area contributed by atoms with Crippen LogP contribution in [0.3, 0.4) is 0 Å². The monoisotopic (exact) mass is 494 g/mol. The smallest absolute Gasteiger partial charge is 0.376 e. The van der Waals surface area contributed by atoms with Crippen LogP contribution in [0.2, 0.25) is 0 Å². The maximum absolute atomic E-state index is 13.5. The van der Waals surface area contributed by atoms with Gasteiger partial charge in [-0.05, 0) is 0 Å². The van der Waals surface area contributed by atoms with Crippen LogP contribution in [0.15, 0.2) is 0 Å². The molecule has 0 heterocycles. The van der Waals surface area contributed by atoms with Crippen molar-refractivity contribution in [3.63, 3.8) is 0 Å². The predicted molar refractivity (Wildman–Crippen MR) is 70.1 cm³/mol. The van der Waals surface area contributed by atoms with Crippen molar-refractivity contribution >= 4 is 31.4 Å². The average Bonchev–Trinajstić information content (AvgIpc) is 2.39. The van der Waals surface area contributed by atoms with Crippen molar-refractivity contribution in [1.29, 1.82) is 0 Å². The first kappa shape index (κ1) is 23.2. The van der Waals surface area contributed by atoms with Gasteiger partial charge in [-0.25, -0.2) is 0 Å². The Balaban J connectivity index is 5.65. The average molecular weight is 494 g/mol. The van der Waals surface area contributed by atoms with Gasteiger partial charge in [0.1, 0.15) is 0 Å². The lowest BCUT2D eigenvalue weighted by Crippen LogP contribution is -2.63. The van der Waals surface area contributed by atoms with Crippen molar-refractivity contribution in [3.05, 3.63) is 0 Å². The second-order valence-corrected chi connectivity index (χ2v) is 10.0. The molecule has 3 nitrogen and oxygen atoms in total. The Hall–Kier alpha value is 0.197. The van der Waals surface area contributed by atoms with Crippen molar-refractivity contribution in [2.45, 2.75) is 33.9 Å². The van der Waals surface area contributed by atoms with E-state index in [9.17, 15) is 39.5 Å². The summed E-state index contributed by atoms with van der Waals surface area (Å²) >= 11 is 1.12. The van der Waals surface area contributed by atoms with E-state index in [4.69, 9.17) is 13.3 Å². The van der Waals surface area contributed by atoms with Crippen LogP contribution in [0.1, 0.15) is 6.42 Å². The number of hydrogen-bond donors (Lipinski definition) is 0. The second kappa shape index (κ2) is 7.21. The molecule has 0 radical (unpaired) electrons. The number of rotatable bonds is 8. The molecule has 0 aromatic rings. The molecule has 23 heavy (non-hydrogen) atoms. The summed E-state index contributed by atoms with van der Waals surface area (Å²) in [5.74, 6) is -19.3. The molecule has 0 aromatic carbocycles. The summed E-state index contributed by atoms with van der Waals surface area (Å²) in [6.45, 7) is 0. The van der Waals surface area contributed by atoms with Gasteiger partial charge < -0.3 is 13.3 Å². The molecule has 0 bridgehead atoms. The maximum atomic E-state index is 13.5. The molecule has 0 aliphatic carbocycles. The molecule has 0 aliphatic rings. The molecule has 0 amide bonds. The van der Waals surface area contributed by atoms with E-state index in [2.05, 4.69) is 0 Å². The van der Waals surface area contributed by atoms with Gasteiger partial charge >= 0.3 is 32.7 Å². The van der Waals surface area contributed by atoms with Crippen molar-refractivity contribution in [1.82, 2.24) is 0 Å². The van der Waals surface area contributed by atoms with Gasteiger partial charge in [-0.3, -0.25) is 0 Å². The topological polar surface area (TPSA) is 27.7 Å². The lowest BCUT2D eigenvalue weighted by Gasteiger charge is -2.36. The standard InChI is InChI=1S/C9H12F9IO3Si/c1-20-23(21-2,22-3)5(19)4-6(10,11)7(12,13)8(14,15)9(16,17)18/h5H,4H2,1-3H3. The maximum Gasteiger partial charge on any atom is 0.513 e. The van der Waals surface area contributed by atoms with Gasteiger partial charge in [-0.2, -0.15) is 39.5 Å². The summed E-state index contributed by atoms with van der Waals surface area (Å²) in [7, 11) is -1.16.